The minimum Gasteiger partial charge on any atom is -0.478 e. The van der Waals surface area contributed by atoms with Gasteiger partial charge in [0.25, 0.3) is 0 Å². The second kappa shape index (κ2) is 6.05. The van der Waals surface area contributed by atoms with Crippen LogP contribution in [0.3, 0.4) is 0 Å². The first kappa shape index (κ1) is 14.8. The van der Waals surface area contributed by atoms with Crippen LogP contribution in [-0.4, -0.2) is 21.6 Å². The van der Waals surface area contributed by atoms with Gasteiger partial charge in [0.15, 0.2) is 0 Å². The summed E-state index contributed by atoms with van der Waals surface area (Å²) >= 11 is 5.84. The lowest BCUT2D eigenvalue weighted by atomic mass is 9.89. The van der Waals surface area contributed by atoms with E-state index in [9.17, 15) is 4.79 Å². The average Bonchev–Trinajstić information content (AvgIpc) is 2.36. The lowest BCUT2D eigenvalue weighted by Crippen LogP contribution is -2.37. The molecule has 0 saturated carbocycles. The lowest BCUT2D eigenvalue weighted by molar-refractivity contribution is 0.0697. The summed E-state index contributed by atoms with van der Waals surface area (Å²) in [5.41, 5.74) is 0.0149. The smallest absolute Gasteiger partial charge is 0.339 e. The predicted octanol–water partition coefficient (Wildman–Crippen LogP) is 3.81. The molecule has 5 heteroatoms. The van der Waals surface area contributed by atoms with Gasteiger partial charge in [0, 0.05) is 5.54 Å². The molecule has 18 heavy (non-hydrogen) atoms. The molecule has 4 nitrogen and oxygen atoms in total. The number of anilines is 1. The van der Waals surface area contributed by atoms with Crippen molar-refractivity contribution in [3.05, 3.63) is 22.8 Å². The monoisotopic (exact) mass is 270 g/mol. The van der Waals surface area contributed by atoms with Gasteiger partial charge in [-0.1, -0.05) is 32.4 Å². The molecule has 0 radical (unpaired) electrons. The molecule has 0 aliphatic heterocycles. The summed E-state index contributed by atoms with van der Waals surface area (Å²) in [7, 11) is 0. The molecule has 0 bridgehead atoms. The molecule has 0 aromatic carbocycles. The van der Waals surface area contributed by atoms with Crippen LogP contribution in [0.2, 0.25) is 5.15 Å². The molecule has 1 aromatic heterocycles. The fourth-order valence-corrected chi connectivity index (χ4v) is 2.12. The van der Waals surface area contributed by atoms with E-state index in [0.717, 1.165) is 19.3 Å². The molecule has 1 rings (SSSR count). The first-order valence-corrected chi connectivity index (χ1v) is 6.53. The minimum absolute atomic E-state index is 0.137. The van der Waals surface area contributed by atoms with Gasteiger partial charge < -0.3 is 10.4 Å². The van der Waals surface area contributed by atoms with Gasteiger partial charge in [-0.2, -0.15) is 0 Å². The standard InChI is InChI=1S/C13H19ClN2O2/c1-4-13(5-2,6-3)16-11-9(12(17)18)7-8-10(14)15-11/h7-8H,4-6H2,1-3H3,(H,15,16)(H,17,18). The van der Waals surface area contributed by atoms with Crippen LogP contribution in [0.25, 0.3) is 0 Å². The van der Waals surface area contributed by atoms with E-state index in [2.05, 4.69) is 31.1 Å². The Balaban J connectivity index is 3.16. The number of carboxylic acid groups (broad SMARTS) is 1. The van der Waals surface area contributed by atoms with E-state index in [1.165, 1.54) is 12.1 Å². The first-order chi connectivity index (χ1) is 8.48. The summed E-state index contributed by atoms with van der Waals surface area (Å²) in [4.78, 5) is 15.3. The van der Waals surface area contributed by atoms with Crippen LogP contribution in [0, 0.1) is 0 Å². The zero-order chi connectivity index (χ0) is 13.8. The van der Waals surface area contributed by atoms with Crippen LogP contribution in [0.1, 0.15) is 50.4 Å². The summed E-state index contributed by atoms with van der Waals surface area (Å²) in [6.07, 6.45) is 2.69. The number of aromatic carboxylic acids is 1. The molecule has 0 spiro atoms. The number of pyridine rings is 1. The van der Waals surface area contributed by atoms with Crippen molar-refractivity contribution in [3.63, 3.8) is 0 Å². The van der Waals surface area contributed by atoms with E-state index in [1.54, 1.807) is 0 Å². The van der Waals surface area contributed by atoms with Gasteiger partial charge in [0.05, 0.1) is 0 Å². The number of halogens is 1. The summed E-state index contributed by atoms with van der Waals surface area (Å²) in [5.74, 6) is -0.653. The van der Waals surface area contributed by atoms with Crippen LogP contribution in [0.5, 0.6) is 0 Å². The summed E-state index contributed by atoms with van der Waals surface area (Å²) in [6, 6.07) is 2.97. The topological polar surface area (TPSA) is 62.2 Å². The van der Waals surface area contributed by atoms with E-state index < -0.39 is 5.97 Å². The number of aromatic nitrogens is 1. The number of hydrogen-bond acceptors (Lipinski definition) is 3. The molecular weight excluding hydrogens is 252 g/mol. The maximum absolute atomic E-state index is 11.2. The lowest BCUT2D eigenvalue weighted by Gasteiger charge is -2.32. The summed E-state index contributed by atoms with van der Waals surface area (Å²) < 4.78 is 0. The van der Waals surface area contributed by atoms with Crippen LogP contribution in [0.15, 0.2) is 12.1 Å². The summed E-state index contributed by atoms with van der Waals surface area (Å²) in [5, 5.41) is 12.7. The molecule has 0 fully saturated rings. The number of hydrogen-bond donors (Lipinski definition) is 2. The van der Waals surface area contributed by atoms with E-state index in [-0.39, 0.29) is 11.1 Å². The first-order valence-electron chi connectivity index (χ1n) is 6.16. The highest BCUT2D eigenvalue weighted by molar-refractivity contribution is 6.29. The van der Waals surface area contributed by atoms with Gasteiger partial charge in [-0.15, -0.1) is 0 Å². The SMILES string of the molecule is CCC(CC)(CC)Nc1nc(Cl)ccc1C(=O)O. The predicted molar refractivity (Wildman–Crippen MR) is 73.4 cm³/mol. The Morgan fingerprint density at radius 3 is 2.33 bits per heavy atom. The van der Waals surface area contributed by atoms with Crippen molar-refractivity contribution in [2.75, 3.05) is 5.32 Å². The van der Waals surface area contributed by atoms with Crippen LogP contribution < -0.4 is 5.32 Å². The maximum Gasteiger partial charge on any atom is 0.339 e. The van der Waals surface area contributed by atoms with Crippen molar-refractivity contribution in [2.24, 2.45) is 0 Å². The quantitative estimate of drug-likeness (QED) is 0.772. The van der Waals surface area contributed by atoms with E-state index >= 15 is 0 Å². The maximum atomic E-state index is 11.2. The van der Waals surface area contributed by atoms with Crippen LogP contribution in [-0.2, 0) is 0 Å². The fraction of sp³-hybridized carbons (Fsp3) is 0.538. The fourth-order valence-electron chi connectivity index (χ4n) is 1.97. The van der Waals surface area contributed by atoms with Gasteiger partial charge in [0.1, 0.15) is 16.5 Å². The molecule has 100 valence electrons. The molecule has 1 heterocycles. The highest BCUT2D eigenvalue weighted by Gasteiger charge is 2.26. The zero-order valence-electron chi connectivity index (χ0n) is 11.0. The third kappa shape index (κ3) is 3.13. The van der Waals surface area contributed by atoms with Crippen molar-refractivity contribution in [3.8, 4) is 0 Å². The molecule has 2 N–H and O–H groups in total. The molecule has 0 amide bonds. The van der Waals surface area contributed by atoms with Gasteiger partial charge in [-0.05, 0) is 31.4 Å². The van der Waals surface area contributed by atoms with Crippen molar-refractivity contribution in [1.29, 1.82) is 0 Å². The van der Waals surface area contributed by atoms with Gasteiger partial charge in [0.2, 0.25) is 0 Å². The molecular formula is C13H19ClN2O2. The van der Waals surface area contributed by atoms with Gasteiger partial charge >= 0.3 is 5.97 Å². The minimum atomic E-state index is -1.00. The number of nitrogens with one attached hydrogen (secondary N) is 1. The zero-order valence-corrected chi connectivity index (χ0v) is 11.7. The van der Waals surface area contributed by atoms with Crippen molar-refractivity contribution >= 4 is 23.4 Å². The normalized spacial score (nSPS) is 11.3. The average molecular weight is 271 g/mol. The van der Waals surface area contributed by atoms with E-state index in [4.69, 9.17) is 16.7 Å². The Kier molecular flexibility index (Phi) is 4.96. The molecule has 0 unspecified atom stereocenters. The Hall–Kier alpha value is -1.29. The number of rotatable bonds is 6. The van der Waals surface area contributed by atoms with E-state index in [1.807, 2.05) is 0 Å². The van der Waals surface area contributed by atoms with E-state index in [0.29, 0.717) is 11.0 Å². The van der Waals surface area contributed by atoms with Crippen molar-refractivity contribution in [1.82, 2.24) is 4.98 Å². The number of carbonyl (C=O) groups is 1. The number of nitrogens with zero attached hydrogens (tertiary/aromatic N) is 1. The molecule has 1 aromatic rings. The van der Waals surface area contributed by atoms with Gasteiger partial charge in [-0.25, -0.2) is 9.78 Å². The number of carboxylic acids is 1. The van der Waals surface area contributed by atoms with Crippen LogP contribution >= 0.6 is 11.6 Å². The second-order valence-electron chi connectivity index (χ2n) is 4.30. The Morgan fingerprint density at radius 1 is 1.33 bits per heavy atom. The van der Waals surface area contributed by atoms with Gasteiger partial charge in [-0.3, -0.25) is 0 Å². The molecule has 0 aliphatic rings. The van der Waals surface area contributed by atoms with Crippen LogP contribution in [0.4, 0.5) is 5.82 Å². The third-order valence-corrected chi connectivity index (χ3v) is 3.72. The van der Waals surface area contributed by atoms with Crippen molar-refractivity contribution in [2.45, 2.75) is 45.6 Å². The second-order valence-corrected chi connectivity index (χ2v) is 4.69. The Labute approximate surface area is 112 Å². The van der Waals surface area contributed by atoms with Crippen molar-refractivity contribution < 1.29 is 9.90 Å². The largest absolute Gasteiger partial charge is 0.478 e. The summed E-state index contributed by atoms with van der Waals surface area (Å²) in [6.45, 7) is 6.22. The Morgan fingerprint density at radius 2 is 1.89 bits per heavy atom. The molecule has 0 atom stereocenters. The Bertz CT molecular complexity index is 423. The highest BCUT2D eigenvalue weighted by atomic mass is 35.5. The molecule has 0 aliphatic carbocycles. The highest BCUT2D eigenvalue weighted by Crippen LogP contribution is 2.27. The molecule has 0 saturated heterocycles. The third-order valence-electron chi connectivity index (χ3n) is 3.51.